The van der Waals surface area contributed by atoms with Gasteiger partial charge in [0, 0.05) is 12.6 Å². The summed E-state index contributed by atoms with van der Waals surface area (Å²) < 4.78 is 0. The molecule has 1 aromatic heterocycles. The summed E-state index contributed by atoms with van der Waals surface area (Å²) in [6.45, 7) is 2.79. The van der Waals surface area contributed by atoms with Crippen LogP contribution in [0.3, 0.4) is 0 Å². The van der Waals surface area contributed by atoms with Crippen LogP contribution in [0, 0.1) is 12.8 Å². The van der Waals surface area contributed by atoms with Gasteiger partial charge in [0.05, 0.1) is 5.56 Å². The Morgan fingerprint density at radius 2 is 2.05 bits per heavy atom. The van der Waals surface area contributed by atoms with Crippen LogP contribution >= 0.6 is 11.6 Å². The van der Waals surface area contributed by atoms with E-state index in [4.69, 9.17) is 11.6 Å². The number of nitrogens with zero attached hydrogens (tertiary/aromatic N) is 3. The molecule has 2 unspecified atom stereocenters. The fraction of sp³-hybridized carbons (Fsp3) is 0.643. The molecule has 1 aliphatic carbocycles. The third kappa shape index (κ3) is 2.22. The van der Waals surface area contributed by atoms with Gasteiger partial charge in [-0.1, -0.05) is 18.0 Å². The number of anilines is 1. The molecule has 2 aliphatic rings. The lowest BCUT2D eigenvalue weighted by Crippen LogP contribution is -2.43. The molecular weight excluding hydrogens is 262 g/mol. The van der Waals surface area contributed by atoms with E-state index in [1.807, 2.05) is 6.92 Å². The Kier molecular flexibility index (Phi) is 3.44. The first-order chi connectivity index (χ1) is 9.20. The van der Waals surface area contributed by atoms with E-state index in [0.29, 0.717) is 17.4 Å². The topological polar surface area (TPSA) is 46.1 Å². The molecule has 5 heteroatoms. The second kappa shape index (κ2) is 5.08. The quantitative estimate of drug-likeness (QED) is 0.617. The second-order valence-electron chi connectivity index (χ2n) is 5.51. The first-order valence-corrected chi connectivity index (χ1v) is 7.34. The van der Waals surface area contributed by atoms with Crippen molar-refractivity contribution in [1.82, 2.24) is 9.97 Å². The lowest BCUT2D eigenvalue weighted by Gasteiger charge is -2.39. The SMILES string of the molecule is Cc1nc(Cl)c(C=O)c(N2CCCC3CCCC32)n1. The van der Waals surface area contributed by atoms with E-state index in [0.717, 1.165) is 24.6 Å². The third-order valence-electron chi connectivity index (χ3n) is 4.37. The van der Waals surface area contributed by atoms with Gasteiger partial charge in [-0.15, -0.1) is 0 Å². The molecule has 3 rings (SSSR count). The van der Waals surface area contributed by atoms with Crippen LogP contribution in [-0.2, 0) is 0 Å². The van der Waals surface area contributed by atoms with E-state index >= 15 is 0 Å². The van der Waals surface area contributed by atoms with Crippen LogP contribution < -0.4 is 4.90 Å². The van der Waals surface area contributed by atoms with Crippen LogP contribution in [0.2, 0.25) is 5.15 Å². The van der Waals surface area contributed by atoms with E-state index in [1.165, 1.54) is 32.1 Å². The molecule has 4 nitrogen and oxygen atoms in total. The zero-order chi connectivity index (χ0) is 13.4. The molecule has 1 saturated heterocycles. The van der Waals surface area contributed by atoms with Gasteiger partial charge in [0.15, 0.2) is 6.29 Å². The summed E-state index contributed by atoms with van der Waals surface area (Å²) in [5, 5.41) is 0.276. The van der Waals surface area contributed by atoms with Crippen LogP contribution in [0.25, 0.3) is 0 Å². The highest BCUT2D eigenvalue weighted by Crippen LogP contribution is 2.39. The molecule has 0 bridgehead atoms. The molecule has 1 saturated carbocycles. The Labute approximate surface area is 118 Å². The summed E-state index contributed by atoms with van der Waals surface area (Å²) >= 11 is 6.09. The highest BCUT2D eigenvalue weighted by Gasteiger charge is 2.36. The number of rotatable bonds is 2. The van der Waals surface area contributed by atoms with Gasteiger partial charge in [0.2, 0.25) is 0 Å². The maximum absolute atomic E-state index is 11.3. The smallest absolute Gasteiger partial charge is 0.156 e. The number of halogens is 1. The summed E-state index contributed by atoms with van der Waals surface area (Å²) in [5.41, 5.74) is 0.444. The Bertz CT molecular complexity index is 506. The Morgan fingerprint density at radius 1 is 1.26 bits per heavy atom. The summed E-state index contributed by atoms with van der Waals surface area (Å²) in [6.07, 6.45) is 7.03. The van der Waals surface area contributed by atoms with Gasteiger partial charge in [0.1, 0.15) is 16.8 Å². The first-order valence-electron chi connectivity index (χ1n) is 6.96. The molecule has 0 N–H and O–H groups in total. The second-order valence-corrected chi connectivity index (χ2v) is 5.87. The zero-order valence-corrected chi connectivity index (χ0v) is 11.9. The van der Waals surface area contributed by atoms with Gasteiger partial charge in [-0.3, -0.25) is 4.79 Å². The molecule has 0 aromatic carbocycles. The number of piperidine rings is 1. The molecule has 102 valence electrons. The molecule has 1 aliphatic heterocycles. The number of aryl methyl sites for hydroxylation is 1. The van der Waals surface area contributed by atoms with Gasteiger partial charge in [0.25, 0.3) is 0 Å². The minimum absolute atomic E-state index is 0.276. The van der Waals surface area contributed by atoms with Crippen molar-refractivity contribution in [2.75, 3.05) is 11.4 Å². The fourth-order valence-electron chi connectivity index (χ4n) is 3.57. The van der Waals surface area contributed by atoms with E-state index in [2.05, 4.69) is 14.9 Å². The highest BCUT2D eigenvalue weighted by molar-refractivity contribution is 6.32. The summed E-state index contributed by atoms with van der Waals surface area (Å²) in [6, 6.07) is 0.526. The molecule has 2 heterocycles. The lowest BCUT2D eigenvalue weighted by molar-refractivity contribution is 0.112. The minimum Gasteiger partial charge on any atom is -0.353 e. The number of carbonyl (C=O) groups excluding carboxylic acids is 1. The van der Waals surface area contributed by atoms with Crippen LogP contribution in [0.1, 0.15) is 48.3 Å². The van der Waals surface area contributed by atoms with Crippen molar-refractivity contribution in [3.8, 4) is 0 Å². The van der Waals surface area contributed by atoms with Gasteiger partial charge in [-0.05, 0) is 38.5 Å². The normalized spacial score (nSPS) is 26.3. The molecule has 2 atom stereocenters. The molecule has 2 fully saturated rings. The van der Waals surface area contributed by atoms with Gasteiger partial charge in [-0.25, -0.2) is 9.97 Å². The van der Waals surface area contributed by atoms with Crippen LogP contribution in [0.4, 0.5) is 5.82 Å². The van der Waals surface area contributed by atoms with E-state index in [-0.39, 0.29) is 5.15 Å². The molecular formula is C14H18ClN3O. The van der Waals surface area contributed by atoms with E-state index in [9.17, 15) is 4.79 Å². The molecule has 1 aromatic rings. The molecule has 0 amide bonds. The van der Waals surface area contributed by atoms with Crippen LogP contribution in [0.5, 0.6) is 0 Å². The van der Waals surface area contributed by atoms with Crippen molar-refractivity contribution in [3.63, 3.8) is 0 Å². The Balaban J connectivity index is 2.03. The first kappa shape index (κ1) is 12.9. The standard InChI is InChI=1S/C14H18ClN3O/c1-9-16-13(15)11(8-19)14(17-9)18-7-3-5-10-4-2-6-12(10)18/h8,10,12H,2-7H2,1H3. The average molecular weight is 280 g/mol. The minimum atomic E-state index is 0.276. The largest absolute Gasteiger partial charge is 0.353 e. The monoisotopic (exact) mass is 279 g/mol. The zero-order valence-electron chi connectivity index (χ0n) is 11.1. The molecule has 0 radical (unpaired) electrons. The van der Waals surface area contributed by atoms with Gasteiger partial charge < -0.3 is 4.90 Å². The molecule has 0 spiro atoms. The Morgan fingerprint density at radius 3 is 2.84 bits per heavy atom. The lowest BCUT2D eigenvalue weighted by atomic mass is 9.92. The van der Waals surface area contributed by atoms with Crippen molar-refractivity contribution in [2.24, 2.45) is 5.92 Å². The fourth-order valence-corrected chi connectivity index (χ4v) is 3.82. The predicted molar refractivity (Wildman–Crippen MR) is 74.9 cm³/mol. The van der Waals surface area contributed by atoms with E-state index < -0.39 is 0 Å². The maximum atomic E-state index is 11.3. The number of fused-ring (bicyclic) bond motifs is 1. The number of aldehydes is 1. The van der Waals surface area contributed by atoms with Crippen molar-refractivity contribution in [3.05, 3.63) is 16.5 Å². The summed E-state index contributed by atoms with van der Waals surface area (Å²) in [7, 11) is 0. The number of carbonyl (C=O) groups is 1. The summed E-state index contributed by atoms with van der Waals surface area (Å²) in [5.74, 6) is 2.12. The van der Waals surface area contributed by atoms with Crippen molar-refractivity contribution >= 4 is 23.7 Å². The van der Waals surface area contributed by atoms with Crippen LogP contribution in [-0.4, -0.2) is 28.8 Å². The summed E-state index contributed by atoms with van der Waals surface area (Å²) in [4.78, 5) is 22.2. The predicted octanol–water partition coefficient (Wildman–Crippen LogP) is 3.02. The molecule has 19 heavy (non-hydrogen) atoms. The Hall–Kier alpha value is -1.16. The average Bonchev–Trinajstić information content (AvgIpc) is 2.85. The third-order valence-corrected chi connectivity index (χ3v) is 4.66. The van der Waals surface area contributed by atoms with Crippen molar-refractivity contribution in [1.29, 1.82) is 0 Å². The van der Waals surface area contributed by atoms with Crippen molar-refractivity contribution < 1.29 is 4.79 Å². The van der Waals surface area contributed by atoms with Gasteiger partial charge in [-0.2, -0.15) is 0 Å². The van der Waals surface area contributed by atoms with Crippen LogP contribution in [0.15, 0.2) is 0 Å². The number of hydrogen-bond donors (Lipinski definition) is 0. The highest BCUT2D eigenvalue weighted by atomic mass is 35.5. The van der Waals surface area contributed by atoms with Gasteiger partial charge >= 0.3 is 0 Å². The maximum Gasteiger partial charge on any atom is 0.156 e. The number of aromatic nitrogens is 2. The van der Waals surface area contributed by atoms with E-state index in [1.54, 1.807) is 0 Å². The number of hydrogen-bond acceptors (Lipinski definition) is 4. The van der Waals surface area contributed by atoms with Crippen molar-refractivity contribution in [2.45, 2.75) is 45.1 Å².